The molecule has 0 aliphatic carbocycles. The highest BCUT2D eigenvalue weighted by molar-refractivity contribution is 7.90. The van der Waals surface area contributed by atoms with Crippen LogP contribution in [-0.2, 0) is 38.9 Å². The summed E-state index contributed by atoms with van der Waals surface area (Å²) >= 11 is 12.5. The topological polar surface area (TPSA) is 107 Å². The van der Waals surface area contributed by atoms with E-state index in [0.717, 1.165) is 44.3 Å². The average molecular weight is 879 g/mol. The summed E-state index contributed by atoms with van der Waals surface area (Å²) in [5.74, 6) is 0. The van der Waals surface area contributed by atoms with E-state index in [1.165, 1.54) is 6.07 Å². The standard InChI is InChI=1S/C19H16ClF3N2O2S.C18H11ClF3NO3S.ClH/c1-24-12-14-11-17(13-5-3-2-4-6-13)25(18(14)20)28(26,27)16-9-7-15(8-10-16)19(21,22)23;19-17-13(11-24)10-16(12-4-2-1-3-5-12)23(17)27(25,26)15-8-6-14(7-9-15)18(20,21)22;/h2-11,24H,12H2,1H3;1-11H;1H. The number of halogens is 9. The van der Waals surface area contributed by atoms with E-state index >= 15 is 0 Å². The van der Waals surface area contributed by atoms with Gasteiger partial charge >= 0.3 is 12.4 Å². The molecule has 1 N–H and O–H groups in total. The first-order valence-corrected chi connectivity index (χ1v) is 19.3. The Kier molecular flexibility index (Phi) is 13.6. The van der Waals surface area contributed by atoms with E-state index in [-0.39, 0.29) is 43.8 Å². The van der Waals surface area contributed by atoms with E-state index in [4.69, 9.17) is 23.2 Å². The number of carbonyl (C=O) groups excluding carboxylic acids is 1. The molecule has 0 amide bonds. The second-order valence-electron chi connectivity index (χ2n) is 11.6. The lowest BCUT2D eigenvalue weighted by Gasteiger charge is -2.13. The summed E-state index contributed by atoms with van der Waals surface area (Å²) in [6.07, 6.45) is -8.73. The minimum absolute atomic E-state index is 0. The zero-order valence-electron chi connectivity index (χ0n) is 28.5. The third-order valence-electron chi connectivity index (χ3n) is 7.97. The molecule has 0 aliphatic rings. The van der Waals surface area contributed by atoms with Gasteiger partial charge in [0, 0.05) is 12.1 Å². The van der Waals surface area contributed by atoms with E-state index in [9.17, 15) is 48.0 Å². The van der Waals surface area contributed by atoms with Crippen molar-refractivity contribution in [2.45, 2.75) is 28.7 Å². The van der Waals surface area contributed by atoms with E-state index in [1.807, 2.05) is 0 Å². The molecule has 2 aromatic heterocycles. The zero-order valence-corrected chi connectivity index (χ0v) is 32.5. The molecular weight excluding hydrogens is 851 g/mol. The van der Waals surface area contributed by atoms with Gasteiger partial charge in [0.05, 0.1) is 37.9 Å². The van der Waals surface area contributed by atoms with Gasteiger partial charge in [-0.25, -0.2) is 24.8 Å². The van der Waals surface area contributed by atoms with Gasteiger partial charge in [-0.3, -0.25) is 4.79 Å². The number of rotatable bonds is 9. The second kappa shape index (κ2) is 17.3. The molecule has 0 radical (unpaired) electrons. The molecule has 0 fully saturated rings. The molecule has 0 saturated carbocycles. The predicted molar refractivity (Wildman–Crippen MR) is 203 cm³/mol. The van der Waals surface area contributed by atoms with Crippen LogP contribution in [0, 0.1) is 0 Å². The number of hydrogen-bond donors (Lipinski definition) is 1. The fourth-order valence-corrected chi connectivity index (χ4v) is 9.14. The first-order chi connectivity index (χ1) is 25.8. The van der Waals surface area contributed by atoms with Crippen molar-refractivity contribution in [2.75, 3.05) is 7.05 Å². The van der Waals surface area contributed by atoms with Gasteiger partial charge in [-0.05, 0) is 78.8 Å². The molecule has 4 aromatic carbocycles. The lowest BCUT2D eigenvalue weighted by molar-refractivity contribution is -0.138. The Morgan fingerprint density at radius 2 is 0.982 bits per heavy atom. The van der Waals surface area contributed by atoms with Crippen LogP contribution in [0.4, 0.5) is 26.3 Å². The van der Waals surface area contributed by atoms with Crippen LogP contribution in [0.25, 0.3) is 22.5 Å². The van der Waals surface area contributed by atoms with Crippen molar-refractivity contribution < 1.29 is 48.0 Å². The fourth-order valence-electron chi connectivity index (χ4n) is 5.34. The molecule has 0 unspecified atom stereocenters. The number of nitrogens with zero attached hydrogens (tertiary/aromatic N) is 2. The van der Waals surface area contributed by atoms with Gasteiger partial charge in [0.1, 0.15) is 10.3 Å². The summed E-state index contributed by atoms with van der Waals surface area (Å²) in [7, 11) is -6.87. The number of aromatic nitrogens is 2. The molecular formula is C37H28Cl3F6N3O5S2. The van der Waals surface area contributed by atoms with Gasteiger partial charge in [0.2, 0.25) is 0 Å². The smallest absolute Gasteiger partial charge is 0.316 e. The SMILES string of the molecule is CNCc1cc(-c2ccccc2)n(S(=O)(=O)c2ccc(C(F)(F)F)cc2)c1Cl.Cl.O=Cc1cc(-c2ccccc2)n(S(=O)(=O)c2ccc(C(F)(F)F)cc2)c1Cl. The zero-order chi connectivity index (χ0) is 40.3. The van der Waals surface area contributed by atoms with Crippen LogP contribution in [0.5, 0.6) is 0 Å². The molecule has 0 bridgehead atoms. The van der Waals surface area contributed by atoms with Crippen LogP contribution in [0.1, 0.15) is 27.0 Å². The van der Waals surface area contributed by atoms with Crippen molar-refractivity contribution >= 4 is 61.9 Å². The minimum atomic E-state index is -4.59. The number of hydrogen-bond acceptors (Lipinski definition) is 6. The number of alkyl halides is 6. The summed E-state index contributed by atoms with van der Waals surface area (Å²) in [4.78, 5) is 10.6. The second-order valence-corrected chi connectivity index (χ2v) is 15.9. The van der Waals surface area contributed by atoms with Crippen molar-refractivity contribution in [2.24, 2.45) is 0 Å². The van der Waals surface area contributed by atoms with Crippen LogP contribution in [0.15, 0.2) is 131 Å². The average Bonchev–Trinajstić information content (AvgIpc) is 3.68. The van der Waals surface area contributed by atoms with Gasteiger partial charge < -0.3 is 5.32 Å². The van der Waals surface area contributed by atoms with Crippen LogP contribution >= 0.6 is 35.6 Å². The van der Waals surface area contributed by atoms with Crippen LogP contribution in [0.3, 0.4) is 0 Å². The summed E-state index contributed by atoms with van der Waals surface area (Å²) < 4.78 is 131. The highest BCUT2D eigenvalue weighted by atomic mass is 35.5. The third-order valence-corrected chi connectivity index (χ3v) is 12.4. The lowest BCUT2D eigenvalue weighted by atomic mass is 10.1. The number of aldehydes is 1. The summed E-state index contributed by atoms with van der Waals surface area (Å²) in [6.45, 7) is 0.328. The largest absolute Gasteiger partial charge is 0.416 e. The summed E-state index contributed by atoms with van der Waals surface area (Å²) in [5.41, 5.74) is 0.147. The molecule has 2 heterocycles. The monoisotopic (exact) mass is 877 g/mol. The Hall–Kier alpha value is -4.58. The first-order valence-electron chi connectivity index (χ1n) is 15.7. The maximum Gasteiger partial charge on any atom is 0.416 e. The molecule has 0 aliphatic heterocycles. The summed E-state index contributed by atoms with van der Waals surface area (Å²) in [6, 6.07) is 26.4. The Morgan fingerprint density at radius 1 is 0.607 bits per heavy atom. The van der Waals surface area contributed by atoms with E-state index in [0.29, 0.717) is 47.3 Å². The number of nitrogens with one attached hydrogen (secondary N) is 1. The van der Waals surface area contributed by atoms with E-state index in [2.05, 4.69) is 5.32 Å². The predicted octanol–water partition coefficient (Wildman–Crippen LogP) is 10.1. The lowest BCUT2D eigenvalue weighted by Crippen LogP contribution is -2.15. The molecule has 0 spiro atoms. The Morgan fingerprint density at radius 3 is 1.34 bits per heavy atom. The van der Waals surface area contributed by atoms with Gasteiger partial charge in [-0.2, -0.15) is 26.3 Å². The number of benzene rings is 4. The van der Waals surface area contributed by atoms with E-state index < -0.39 is 43.5 Å². The normalized spacial score (nSPS) is 12.0. The Bertz CT molecular complexity index is 2530. The van der Waals surface area contributed by atoms with Gasteiger partial charge in [-0.15, -0.1) is 12.4 Å². The molecule has 56 heavy (non-hydrogen) atoms. The molecule has 6 aromatic rings. The van der Waals surface area contributed by atoms with Crippen LogP contribution in [0.2, 0.25) is 10.3 Å². The molecule has 8 nitrogen and oxygen atoms in total. The first kappa shape index (κ1) is 44.1. The third kappa shape index (κ3) is 9.17. The van der Waals surface area contributed by atoms with Crippen LogP contribution in [-0.4, -0.2) is 38.1 Å². The molecule has 0 saturated heterocycles. The quantitative estimate of drug-likeness (QED) is 0.115. The number of carbonyl (C=O) groups is 1. The van der Waals surface area contributed by atoms with Crippen molar-refractivity contribution in [3.63, 3.8) is 0 Å². The van der Waals surface area contributed by atoms with Gasteiger partial charge in [-0.1, -0.05) is 83.9 Å². The van der Waals surface area contributed by atoms with E-state index in [1.54, 1.807) is 73.8 Å². The fraction of sp³-hybridized carbons (Fsp3) is 0.108. The van der Waals surface area contributed by atoms with Crippen molar-refractivity contribution in [1.82, 2.24) is 13.3 Å². The molecule has 296 valence electrons. The Labute approximate surface area is 333 Å². The highest BCUT2D eigenvalue weighted by Gasteiger charge is 2.33. The van der Waals surface area contributed by atoms with Crippen molar-refractivity contribution in [1.29, 1.82) is 0 Å². The van der Waals surface area contributed by atoms with Crippen molar-refractivity contribution in [3.8, 4) is 22.5 Å². The molecule has 0 atom stereocenters. The van der Waals surface area contributed by atoms with Crippen molar-refractivity contribution in [3.05, 3.63) is 154 Å². The van der Waals surface area contributed by atoms with Crippen LogP contribution < -0.4 is 5.32 Å². The maximum absolute atomic E-state index is 13.2. The maximum atomic E-state index is 13.2. The highest BCUT2D eigenvalue weighted by Crippen LogP contribution is 2.36. The Balaban J connectivity index is 0.000000244. The summed E-state index contributed by atoms with van der Waals surface area (Å²) in [5, 5.41) is 2.55. The van der Waals surface area contributed by atoms with Gasteiger partial charge in [0.25, 0.3) is 20.0 Å². The minimum Gasteiger partial charge on any atom is -0.316 e. The molecule has 19 heteroatoms. The van der Waals surface area contributed by atoms with Gasteiger partial charge in [0.15, 0.2) is 6.29 Å². The molecule has 6 rings (SSSR count).